The van der Waals surface area contributed by atoms with E-state index in [0.717, 1.165) is 11.1 Å². The van der Waals surface area contributed by atoms with Crippen LogP contribution in [0.5, 0.6) is 0 Å². The van der Waals surface area contributed by atoms with Gasteiger partial charge in [-0.05, 0) is 46.6 Å². The second kappa shape index (κ2) is 11.8. The number of carbonyl (C=O) groups is 3. The van der Waals surface area contributed by atoms with Gasteiger partial charge in [0.15, 0.2) is 5.78 Å². The number of aryl methyl sites for hydroxylation is 1. The maximum atomic E-state index is 14.6. The molecule has 1 aliphatic heterocycles. The maximum Gasteiger partial charge on any atom is 0.248 e. The Kier molecular flexibility index (Phi) is 8.18. The summed E-state index contributed by atoms with van der Waals surface area (Å²) in [6.45, 7) is 2.88. The van der Waals surface area contributed by atoms with Crippen molar-refractivity contribution < 1.29 is 23.5 Å². The molecule has 4 heterocycles. The smallest absolute Gasteiger partial charge is 0.248 e. The summed E-state index contributed by atoms with van der Waals surface area (Å²) in [4.78, 5) is 53.1. The van der Waals surface area contributed by atoms with E-state index in [9.17, 15) is 18.8 Å². The third-order valence-corrected chi connectivity index (χ3v) is 7.28. The molecule has 13 heteroatoms. The van der Waals surface area contributed by atoms with Crippen molar-refractivity contribution in [2.75, 3.05) is 19.0 Å². The largest absolute Gasteiger partial charge is 0.380 e. The molecule has 3 aromatic heterocycles. The molecule has 41 heavy (non-hydrogen) atoms. The molecule has 1 aromatic carbocycles. The molecule has 1 saturated heterocycles. The van der Waals surface area contributed by atoms with Gasteiger partial charge >= 0.3 is 0 Å². The van der Waals surface area contributed by atoms with E-state index in [1.807, 2.05) is 6.07 Å². The minimum absolute atomic E-state index is 0.147. The Labute approximate surface area is 243 Å². The predicted octanol–water partition coefficient (Wildman–Crippen LogP) is 3.89. The number of carbonyl (C=O) groups excluding carboxylic acids is 3. The molecule has 0 radical (unpaired) electrons. The minimum Gasteiger partial charge on any atom is -0.380 e. The van der Waals surface area contributed by atoms with Gasteiger partial charge in [-0.1, -0.05) is 12.1 Å². The first-order valence-corrected chi connectivity index (χ1v) is 13.6. The zero-order valence-corrected chi connectivity index (χ0v) is 24.2. The highest BCUT2D eigenvalue weighted by atomic mass is 79.9. The quantitative estimate of drug-likeness (QED) is 0.231. The SMILES string of the molecule is COCc1ccc(Br)nc1NC(=O)[C@@H]1C[C@@H](F)CN1C(=O)Cn1nc(C(C)=O)c2cc(-c3cnc(C)nc3)ccc21. The van der Waals surface area contributed by atoms with Gasteiger partial charge in [-0.2, -0.15) is 5.10 Å². The van der Waals surface area contributed by atoms with Crippen LogP contribution in [0, 0.1) is 6.92 Å². The number of nitrogens with one attached hydrogen (secondary N) is 1. The second-order valence-electron chi connectivity index (χ2n) is 9.77. The lowest BCUT2D eigenvalue weighted by molar-refractivity contribution is -0.137. The monoisotopic (exact) mass is 623 g/mol. The van der Waals surface area contributed by atoms with Crippen LogP contribution in [-0.2, 0) is 27.5 Å². The van der Waals surface area contributed by atoms with Gasteiger partial charge in [-0.25, -0.2) is 19.3 Å². The van der Waals surface area contributed by atoms with Crippen LogP contribution in [0.1, 0.15) is 35.2 Å². The number of pyridine rings is 1. The summed E-state index contributed by atoms with van der Waals surface area (Å²) in [5.41, 5.74) is 2.95. The van der Waals surface area contributed by atoms with Crippen LogP contribution >= 0.6 is 15.9 Å². The molecule has 11 nitrogen and oxygen atoms in total. The number of Topliss-reactive ketones (excluding diaryl/α,β-unsaturated/α-hetero) is 1. The number of methoxy groups -OCH3 is 1. The van der Waals surface area contributed by atoms with Crippen LogP contribution < -0.4 is 5.32 Å². The first kappa shape index (κ1) is 28.4. The summed E-state index contributed by atoms with van der Waals surface area (Å²) in [5, 5.41) is 7.70. The molecule has 1 aliphatic rings. The number of aromatic nitrogens is 5. The molecule has 212 valence electrons. The number of alkyl halides is 1. The highest BCUT2D eigenvalue weighted by Gasteiger charge is 2.40. The number of ketones is 1. The lowest BCUT2D eigenvalue weighted by Gasteiger charge is -2.24. The number of halogens is 2. The van der Waals surface area contributed by atoms with Gasteiger partial charge in [-0.3, -0.25) is 19.1 Å². The Hall–Kier alpha value is -4.10. The molecule has 0 bridgehead atoms. The average Bonchev–Trinajstić information content (AvgIpc) is 3.51. The molecule has 0 unspecified atom stereocenters. The molecule has 0 spiro atoms. The number of hydrogen-bond acceptors (Lipinski definition) is 8. The number of likely N-dealkylation sites (tertiary alicyclic amines) is 1. The average molecular weight is 624 g/mol. The van der Waals surface area contributed by atoms with E-state index in [0.29, 0.717) is 26.9 Å². The van der Waals surface area contributed by atoms with Crippen molar-refractivity contribution in [2.45, 2.75) is 45.6 Å². The van der Waals surface area contributed by atoms with Gasteiger partial charge in [-0.15, -0.1) is 0 Å². The van der Waals surface area contributed by atoms with E-state index >= 15 is 0 Å². The number of anilines is 1. The van der Waals surface area contributed by atoms with Crippen molar-refractivity contribution in [3.8, 4) is 11.1 Å². The van der Waals surface area contributed by atoms with Crippen molar-refractivity contribution in [1.82, 2.24) is 29.6 Å². The highest BCUT2D eigenvalue weighted by Crippen LogP contribution is 2.28. The van der Waals surface area contributed by atoms with Gasteiger partial charge in [0.05, 0.1) is 18.7 Å². The van der Waals surface area contributed by atoms with Crippen LogP contribution in [0.25, 0.3) is 22.0 Å². The normalized spacial score (nSPS) is 16.8. The third-order valence-electron chi connectivity index (χ3n) is 6.84. The van der Waals surface area contributed by atoms with Crippen LogP contribution in [0.3, 0.4) is 0 Å². The standard InChI is InChI=1S/C28H27BrFN7O4/c1-15(38)26-21-8-17(19-10-31-16(2)32-11-19)4-6-22(21)37(35-26)13-25(39)36-12-20(30)9-23(36)28(40)34-27-18(14-41-3)5-7-24(29)33-27/h4-8,10-11,20,23H,9,12-14H2,1-3H3,(H,33,34,40)/t20-,23+/m1/s1. The van der Waals surface area contributed by atoms with E-state index in [1.165, 1.54) is 23.6 Å². The zero-order chi connectivity index (χ0) is 29.3. The van der Waals surface area contributed by atoms with Crippen molar-refractivity contribution in [1.29, 1.82) is 0 Å². The second-order valence-corrected chi connectivity index (χ2v) is 10.6. The summed E-state index contributed by atoms with van der Waals surface area (Å²) < 4.78 is 21.7. The Morgan fingerprint density at radius 1 is 1.15 bits per heavy atom. The van der Waals surface area contributed by atoms with E-state index < -0.39 is 24.0 Å². The first-order chi connectivity index (χ1) is 19.6. The predicted molar refractivity (Wildman–Crippen MR) is 152 cm³/mol. The van der Waals surface area contributed by atoms with Gasteiger partial charge in [0.25, 0.3) is 0 Å². The van der Waals surface area contributed by atoms with Crippen LogP contribution in [-0.4, -0.2) is 73.1 Å². The summed E-state index contributed by atoms with van der Waals surface area (Å²) in [6.07, 6.45) is 1.87. The minimum atomic E-state index is -1.37. The Morgan fingerprint density at radius 2 is 1.90 bits per heavy atom. The van der Waals surface area contributed by atoms with Crippen molar-refractivity contribution in [2.24, 2.45) is 0 Å². The summed E-state index contributed by atoms with van der Waals surface area (Å²) in [6, 6.07) is 7.82. The molecule has 1 fully saturated rings. The molecule has 2 amide bonds. The van der Waals surface area contributed by atoms with E-state index in [1.54, 1.807) is 43.6 Å². The number of fused-ring (bicyclic) bond motifs is 1. The van der Waals surface area contributed by atoms with Crippen molar-refractivity contribution in [3.05, 3.63) is 64.4 Å². The number of amides is 2. The molecule has 2 atom stereocenters. The summed E-state index contributed by atoms with van der Waals surface area (Å²) >= 11 is 3.29. The first-order valence-electron chi connectivity index (χ1n) is 12.8. The highest BCUT2D eigenvalue weighted by molar-refractivity contribution is 9.10. The zero-order valence-electron chi connectivity index (χ0n) is 22.6. The molecular weight excluding hydrogens is 597 g/mol. The number of nitrogens with zero attached hydrogens (tertiary/aromatic N) is 6. The fourth-order valence-corrected chi connectivity index (χ4v) is 5.16. The molecule has 1 N–H and O–H groups in total. The third kappa shape index (κ3) is 6.00. The topological polar surface area (TPSA) is 132 Å². The Balaban J connectivity index is 1.40. The van der Waals surface area contributed by atoms with Gasteiger partial charge < -0.3 is 15.0 Å². The van der Waals surface area contributed by atoms with E-state index in [2.05, 4.69) is 41.3 Å². The van der Waals surface area contributed by atoms with Crippen LogP contribution in [0.2, 0.25) is 0 Å². The molecule has 0 aliphatic carbocycles. The van der Waals surface area contributed by atoms with Crippen LogP contribution in [0.15, 0.2) is 47.3 Å². The van der Waals surface area contributed by atoms with Gasteiger partial charge in [0.2, 0.25) is 11.8 Å². The molecular formula is C28H27BrFN7O4. The molecule has 5 rings (SSSR count). The van der Waals surface area contributed by atoms with Crippen molar-refractivity contribution >= 4 is 50.2 Å². The Bertz CT molecular complexity index is 1640. The van der Waals surface area contributed by atoms with Gasteiger partial charge in [0, 0.05) is 49.4 Å². The number of ether oxygens (including phenoxy) is 1. The van der Waals surface area contributed by atoms with Crippen molar-refractivity contribution in [3.63, 3.8) is 0 Å². The fourth-order valence-electron chi connectivity index (χ4n) is 4.85. The fraction of sp³-hybridized carbons (Fsp3) is 0.321. The van der Waals surface area contributed by atoms with E-state index in [4.69, 9.17) is 4.74 Å². The Morgan fingerprint density at radius 3 is 2.61 bits per heavy atom. The molecule has 4 aromatic rings. The van der Waals surface area contributed by atoms with Gasteiger partial charge in [0.1, 0.15) is 40.7 Å². The van der Waals surface area contributed by atoms with E-state index in [-0.39, 0.29) is 43.4 Å². The summed E-state index contributed by atoms with van der Waals surface area (Å²) in [7, 11) is 1.52. The number of hydrogen-bond donors (Lipinski definition) is 1. The lowest BCUT2D eigenvalue weighted by atomic mass is 10.0. The maximum absolute atomic E-state index is 14.6. The summed E-state index contributed by atoms with van der Waals surface area (Å²) in [5.74, 6) is -0.423. The molecule has 0 saturated carbocycles. The lowest BCUT2D eigenvalue weighted by Crippen LogP contribution is -2.44. The number of benzene rings is 1. The van der Waals surface area contributed by atoms with Crippen LogP contribution in [0.4, 0.5) is 10.2 Å². The number of rotatable bonds is 8.